The van der Waals surface area contributed by atoms with Crippen LogP contribution in [0.3, 0.4) is 0 Å². The van der Waals surface area contributed by atoms with Gasteiger partial charge >= 0.3 is 0 Å². The van der Waals surface area contributed by atoms with Gasteiger partial charge in [-0.25, -0.2) is 0 Å². The highest BCUT2D eigenvalue weighted by Crippen LogP contribution is 2.89. The van der Waals surface area contributed by atoms with Crippen molar-refractivity contribution in [1.29, 1.82) is 0 Å². The maximum absolute atomic E-state index is 6.50. The predicted molar refractivity (Wildman–Crippen MR) is 129 cm³/mol. The smallest absolute Gasteiger partial charge is 0.281 e. The van der Waals surface area contributed by atoms with E-state index in [1.54, 1.807) is 0 Å². The van der Waals surface area contributed by atoms with Crippen molar-refractivity contribution < 1.29 is 4.52 Å². The Morgan fingerprint density at radius 3 is 1.83 bits per heavy atom. The Labute approximate surface area is 194 Å². The number of halogens is 4. The van der Waals surface area contributed by atoms with Crippen LogP contribution in [0.15, 0.2) is 43.9 Å². The topological polar surface area (TPSA) is 59.3 Å². The first-order valence-corrected chi connectivity index (χ1v) is 20.1. The van der Waals surface area contributed by atoms with E-state index in [2.05, 4.69) is 23.6 Å². The molecule has 4 aliphatic rings. The van der Waals surface area contributed by atoms with Crippen LogP contribution in [-0.2, 0) is 11.8 Å². The fourth-order valence-corrected chi connectivity index (χ4v) is 25.1. The Morgan fingerprint density at radius 1 is 0.759 bits per heavy atom. The summed E-state index contributed by atoms with van der Waals surface area (Å²) in [6.45, 7) is 0.266. The van der Waals surface area contributed by atoms with E-state index in [1.165, 1.54) is 0 Å². The first kappa shape index (κ1) is 22.2. The molecule has 0 unspecified atom stereocenters. The van der Waals surface area contributed by atoms with Crippen molar-refractivity contribution in [3.8, 4) is 5.75 Å². The second-order valence-corrected chi connectivity index (χ2v) is 22.9. The molecule has 0 saturated carbocycles. The first-order chi connectivity index (χ1) is 13.7. The van der Waals surface area contributed by atoms with Crippen LogP contribution < -0.4 is 4.52 Å². The van der Waals surface area contributed by atoms with E-state index in [4.69, 9.17) is 70.3 Å². The molecule has 4 heterocycles. The van der Waals surface area contributed by atoms with Gasteiger partial charge in [-0.2, -0.15) is 32.7 Å². The van der Waals surface area contributed by atoms with E-state index in [1.807, 2.05) is 30.3 Å². The summed E-state index contributed by atoms with van der Waals surface area (Å²) in [7, 11) is -2.79. The lowest BCUT2D eigenvalue weighted by atomic mass is 10.3. The van der Waals surface area contributed by atoms with Gasteiger partial charge in [-0.1, -0.05) is 18.2 Å². The quantitative estimate of drug-likeness (QED) is 0.335. The zero-order valence-corrected chi connectivity index (χ0v) is 22.3. The van der Waals surface area contributed by atoms with Crippen LogP contribution in [0.2, 0.25) is 0 Å². The van der Waals surface area contributed by atoms with E-state index in [9.17, 15) is 0 Å². The lowest BCUT2D eigenvalue weighted by molar-refractivity contribution is 0.114. The van der Waals surface area contributed by atoms with Crippen LogP contribution in [0.4, 0.5) is 0 Å². The van der Waals surface area contributed by atoms with Gasteiger partial charge in [0.1, 0.15) is 5.75 Å². The Bertz CT molecular complexity index is 1020. The number of benzene rings is 1. The molecule has 1 aromatic rings. The van der Waals surface area contributed by atoms with Crippen LogP contribution in [-0.4, -0.2) is 45.3 Å². The molecule has 0 amide bonds. The van der Waals surface area contributed by atoms with Crippen molar-refractivity contribution in [3.63, 3.8) is 0 Å². The van der Waals surface area contributed by atoms with Crippen LogP contribution in [0, 0.1) is 0 Å². The van der Waals surface area contributed by atoms with Crippen molar-refractivity contribution in [2.45, 2.75) is 12.8 Å². The van der Waals surface area contributed by atoms with Gasteiger partial charge in [-0.05, 0) is 81.7 Å². The van der Waals surface area contributed by atoms with Crippen LogP contribution in [0.25, 0.3) is 0 Å². The molecule has 5 rings (SSSR count). The van der Waals surface area contributed by atoms with Gasteiger partial charge in [0.05, 0.1) is 0 Å². The van der Waals surface area contributed by atoms with E-state index in [0.29, 0.717) is 13.1 Å². The monoisotopic (exact) mass is 571 g/mol. The molecule has 17 heteroatoms. The molecule has 29 heavy (non-hydrogen) atoms. The van der Waals surface area contributed by atoms with Gasteiger partial charge in [0, 0.05) is 26.2 Å². The van der Waals surface area contributed by atoms with E-state index in [-0.39, 0.29) is 0 Å². The van der Waals surface area contributed by atoms with E-state index < -0.39 is 25.9 Å². The molecule has 8 nitrogen and oxygen atoms in total. The highest BCUT2D eigenvalue weighted by Gasteiger charge is 2.60. The maximum atomic E-state index is 6.50. The fraction of sp³-hybridized carbons (Fsp3) is 0.500. The Morgan fingerprint density at radius 2 is 1.28 bits per heavy atom. The van der Waals surface area contributed by atoms with Gasteiger partial charge in [0.25, 0.3) is 18.4 Å². The maximum Gasteiger partial charge on any atom is 0.281 e. The summed E-state index contributed by atoms with van der Waals surface area (Å²) >= 11 is 32.2. The second-order valence-electron chi connectivity index (χ2n) is 6.70. The Kier molecular flexibility index (Phi) is 5.89. The molecule has 0 aromatic heterocycles. The SMILES string of the molecule is S=P1(Oc2ccccc2)N2CCCN2P2(=NP(Cl)(Cl)=NP(Cl)(Cl)=N2)N2CCCN21. The third-order valence-corrected chi connectivity index (χ3v) is 21.2. The highest BCUT2D eigenvalue weighted by molar-refractivity contribution is 8.21. The normalized spacial score (nSPS) is 36.7. The summed E-state index contributed by atoms with van der Waals surface area (Å²) in [6.07, 6.45) is 1.79. The van der Waals surface area contributed by atoms with Crippen molar-refractivity contribution >= 4 is 82.7 Å². The van der Waals surface area contributed by atoms with Gasteiger partial charge in [0.15, 0.2) is 0 Å². The molecule has 3 saturated heterocycles. The van der Waals surface area contributed by atoms with Gasteiger partial charge in [0.2, 0.25) is 7.51 Å². The molecule has 0 radical (unpaired) electrons. The lowest BCUT2D eigenvalue weighted by Crippen LogP contribution is -2.51. The molecule has 160 valence electrons. The number of para-hydroxylation sites is 1. The number of nitrogens with zero attached hydrogens (tertiary/aromatic N) is 7. The van der Waals surface area contributed by atoms with E-state index >= 15 is 0 Å². The molecule has 0 aliphatic carbocycles. The minimum Gasteiger partial charge on any atom is -0.439 e. The molecule has 1 spiro atoms. The zero-order chi connectivity index (χ0) is 20.5. The average molecular weight is 573 g/mol. The number of hydrazine groups is 2. The molecule has 0 atom stereocenters. The standard InChI is InChI=1S/C12H17Cl4N7OP4S/c13-25(14)17-26(15,16)19-27(18-25)20-8-4-10-22(20)28(29,23-11-5-9-21(23)27)24-12-6-2-1-3-7-12/h1-3,6-7H,4-5,8-11H2. The van der Waals surface area contributed by atoms with E-state index in [0.717, 1.165) is 31.7 Å². The van der Waals surface area contributed by atoms with Crippen molar-refractivity contribution in [2.24, 2.45) is 13.5 Å². The minimum atomic E-state index is -3.06. The number of hydrogen-bond donors (Lipinski definition) is 0. The van der Waals surface area contributed by atoms with Crippen molar-refractivity contribution in [2.75, 3.05) is 26.2 Å². The van der Waals surface area contributed by atoms with Crippen LogP contribution >= 0.6 is 70.9 Å². The predicted octanol–water partition coefficient (Wildman–Crippen LogP) is 7.96. The van der Waals surface area contributed by atoms with Gasteiger partial charge < -0.3 is 4.52 Å². The van der Waals surface area contributed by atoms with Crippen LogP contribution in [0.5, 0.6) is 5.75 Å². The summed E-state index contributed by atoms with van der Waals surface area (Å²) in [5.41, 5.74) is 0. The van der Waals surface area contributed by atoms with Crippen molar-refractivity contribution in [1.82, 2.24) is 19.1 Å². The minimum absolute atomic E-state index is 0.712. The summed E-state index contributed by atoms with van der Waals surface area (Å²) in [5.74, 6) is -5.38. The zero-order valence-electron chi connectivity index (χ0n) is 14.9. The summed E-state index contributed by atoms with van der Waals surface area (Å²) in [4.78, 5) is 0. The van der Waals surface area contributed by atoms with Gasteiger partial charge in [-0.15, -0.1) is 0 Å². The Balaban J connectivity index is 1.69. The molecule has 4 aliphatic heterocycles. The third kappa shape index (κ3) is 3.77. The highest BCUT2D eigenvalue weighted by atomic mass is 35.9. The van der Waals surface area contributed by atoms with Gasteiger partial charge in [-0.3, -0.25) is 0 Å². The van der Waals surface area contributed by atoms with Crippen molar-refractivity contribution in [3.05, 3.63) is 30.3 Å². The fourth-order valence-electron chi connectivity index (χ4n) is 3.84. The molecular formula is C12H17Cl4N7OP4S. The lowest BCUT2D eigenvalue weighted by Gasteiger charge is -2.55. The molecule has 3 fully saturated rings. The number of fused-ring (bicyclic) bond motifs is 4. The first-order valence-electron chi connectivity index (χ1n) is 8.82. The largest absolute Gasteiger partial charge is 0.439 e. The summed E-state index contributed by atoms with van der Waals surface area (Å²) in [5, 5.41) is 0. The molecule has 0 bridgehead atoms. The molecular weight excluding hydrogens is 556 g/mol. The molecule has 1 aromatic carbocycles. The number of hydrogen-bond acceptors (Lipinski definition) is 7. The molecule has 0 N–H and O–H groups in total. The number of rotatable bonds is 2. The summed E-state index contributed by atoms with van der Waals surface area (Å²) < 4.78 is 28.8. The second kappa shape index (κ2) is 7.71. The average Bonchev–Trinajstić information content (AvgIpc) is 3.30. The Hall–Kier alpha value is 1.36. The third-order valence-electron chi connectivity index (χ3n) is 4.81. The van der Waals surface area contributed by atoms with Crippen LogP contribution in [0.1, 0.15) is 12.8 Å². The summed E-state index contributed by atoms with van der Waals surface area (Å²) in [6, 6.07) is 9.66.